The first-order valence-corrected chi connectivity index (χ1v) is 5.74. The molecule has 3 saturated heterocycles. The van der Waals surface area contributed by atoms with Crippen molar-refractivity contribution < 1.29 is 4.48 Å². The minimum atomic E-state index is 0.595. The first kappa shape index (κ1) is 9.47. The van der Waals surface area contributed by atoms with Gasteiger partial charge in [0.05, 0.1) is 5.54 Å². The second kappa shape index (κ2) is 2.96. The minimum Gasteiger partial charge on any atom is -0.281 e. The van der Waals surface area contributed by atoms with Crippen molar-refractivity contribution in [2.75, 3.05) is 20.0 Å². The topological polar surface area (TPSA) is 3.24 Å². The summed E-state index contributed by atoms with van der Waals surface area (Å²) in [7, 11) is 0. The summed E-state index contributed by atoms with van der Waals surface area (Å²) in [5.74, 6) is 0. The van der Waals surface area contributed by atoms with Crippen LogP contribution in [0.15, 0.2) is 0 Å². The first-order valence-electron chi connectivity index (χ1n) is 5.74. The first-order chi connectivity index (χ1) is 6.16. The summed E-state index contributed by atoms with van der Waals surface area (Å²) in [5.41, 5.74) is 0.595. The second-order valence-corrected chi connectivity index (χ2v) is 5.24. The fraction of sp³-hybridized carbons (Fsp3) is 1.00. The Hall–Kier alpha value is -0.0800. The molecule has 3 aliphatic heterocycles. The molecule has 0 aromatic rings. The molecule has 2 nitrogen and oxygen atoms in total. The van der Waals surface area contributed by atoms with Crippen LogP contribution in [0.2, 0.25) is 0 Å². The maximum atomic E-state index is 2.55. The Kier molecular flexibility index (Phi) is 2.16. The summed E-state index contributed by atoms with van der Waals surface area (Å²) in [4.78, 5) is 2.55. The second-order valence-electron chi connectivity index (χ2n) is 5.24. The van der Waals surface area contributed by atoms with Gasteiger partial charge in [-0.25, -0.2) is 0 Å². The Labute approximate surface area is 82.1 Å². The van der Waals surface area contributed by atoms with E-state index in [0.717, 1.165) is 0 Å². The number of nitrogens with zero attached hydrogens (tertiary/aromatic N) is 2. The lowest BCUT2D eigenvalue weighted by molar-refractivity contribution is -1.12. The molecule has 0 unspecified atom stereocenters. The SMILES string of the molecule is CCCC(C)(CCC)[N+]12CN(C1)C2. The summed E-state index contributed by atoms with van der Waals surface area (Å²) >= 11 is 0. The molecule has 3 fully saturated rings. The van der Waals surface area contributed by atoms with Gasteiger partial charge >= 0.3 is 0 Å². The van der Waals surface area contributed by atoms with Crippen molar-refractivity contribution in [2.24, 2.45) is 0 Å². The van der Waals surface area contributed by atoms with Crippen molar-refractivity contribution >= 4 is 0 Å². The summed E-state index contributed by atoms with van der Waals surface area (Å²) < 4.78 is 1.41. The van der Waals surface area contributed by atoms with E-state index in [1.54, 1.807) is 0 Å². The molecular formula is C11H23N2+. The molecule has 0 saturated carbocycles. The van der Waals surface area contributed by atoms with Crippen molar-refractivity contribution in [3.05, 3.63) is 0 Å². The molecule has 3 aliphatic rings. The highest BCUT2D eigenvalue weighted by Gasteiger charge is 2.64. The van der Waals surface area contributed by atoms with Crippen LogP contribution < -0.4 is 0 Å². The number of hydrogen-bond acceptors (Lipinski definition) is 1. The molecule has 0 spiro atoms. The van der Waals surface area contributed by atoms with Gasteiger partial charge in [-0.1, -0.05) is 26.7 Å². The third-order valence-corrected chi connectivity index (χ3v) is 4.13. The van der Waals surface area contributed by atoms with E-state index in [4.69, 9.17) is 0 Å². The van der Waals surface area contributed by atoms with E-state index in [1.165, 1.54) is 50.2 Å². The molecule has 0 aromatic heterocycles. The van der Waals surface area contributed by atoms with Gasteiger partial charge in [0.1, 0.15) is 20.0 Å². The van der Waals surface area contributed by atoms with Crippen molar-refractivity contribution in [3.8, 4) is 0 Å². The molecule has 13 heavy (non-hydrogen) atoms. The van der Waals surface area contributed by atoms with Crippen LogP contribution in [0.5, 0.6) is 0 Å². The lowest BCUT2D eigenvalue weighted by atomic mass is 9.83. The zero-order valence-electron chi connectivity index (χ0n) is 9.34. The third kappa shape index (κ3) is 1.15. The van der Waals surface area contributed by atoms with Gasteiger partial charge in [0.25, 0.3) is 0 Å². The zero-order chi connectivity index (χ0) is 9.53. The van der Waals surface area contributed by atoms with E-state index >= 15 is 0 Å². The van der Waals surface area contributed by atoms with Crippen molar-refractivity contribution in [1.29, 1.82) is 0 Å². The largest absolute Gasteiger partial charge is 0.281 e. The summed E-state index contributed by atoms with van der Waals surface area (Å²) in [6, 6.07) is 0. The van der Waals surface area contributed by atoms with Gasteiger partial charge in [-0.2, -0.15) is 4.90 Å². The molecule has 0 amide bonds. The predicted octanol–water partition coefficient (Wildman–Crippen LogP) is 2.36. The highest BCUT2D eigenvalue weighted by atomic mass is 15.8. The van der Waals surface area contributed by atoms with E-state index in [2.05, 4.69) is 25.7 Å². The molecule has 3 heterocycles. The fourth-order valence-corrected chi connectivity index (χ4v) is 3.21. The average molecular weight is 183 g/mol. The van der Waals surface area contributed by atoms with E-state index in [-0.39, 0.29) is 0 Å². The maximum Gasteiger partial charge on any atom is 0.146 e. The van der Waals surface area contributed by atoms with Crippen LogP contribution in [-0.4, -0.2) is 34.9 Å². The highest BCUT2D eigenvalue weighted by Crippen LogP contribution is 2.47. The van der Waals surface area contributed by atoms with E-state index in [0.29, 0.717) is 5.54 Å². The molecule has 0 aromatic carbocycles. The summed E-state index contributed by atoms with van der Waals surface area (Å²) in [6.45, 7) is 11.2. The van der Waals surface area contributed by atoms with Crippen LogP contribution in [0.3, 0.4) is 0 Å². The average Bonchev–Trinajstić information content (AvgIpc) is 1.79. The van der Waals surface area contributed by atoms with Crippen LogP contribution in [0.4, 0.5) is 0 Å². The van der Waals surface area contributed by atoms with Crippen LogP contribution in [-0.2, 0) is 0 Å². The third-order valence-electron chi connectivity index (χ3n) is 4.13. The van der Waals surface area contributed by atoms with Gasteiger partial charge < -0.3 is 0 Å². The van der Waals surface area contributed by atoms with Gasteiger partial charge in [-0.3, -0.25) is 4.48 Å². The van der Waals surface area contributed by atoms with Gasteiger partial charge in [0.2, 0.25) is 0 Å². The van der Waals surface area contributed by atoms with Gasteiger partial charge in [0.15, 0.2) is 0 Å². The zero-order valence-corrected chi connectivity index (χ0v) is 9.34. The molecule has 76 valence electrons. The molecule has 2 heteroatoms. The fourth-order valence-electron chi connectivity index (χ4n) is 3.21. The summed E-state index contributed by atoms with van der Waals surface area (Å²) in [6.07, 6.45) is 5.51. The number of rotatable bonds is 5. The smallest absolute Gasteiger partial charge is 0.146 e. The summed E-state index contributed by atoms with van der Waals surface area (Å²) in [5, 5.41) is 0. The van der Waals surface area contributed by atoms with Gasteiger partial charge in [-0.05, 0) is 6.92 Å². The Morgan fingerprint density at radius 2 is 1.54 bits per heavy atom. The van der Waals surface area contributed by atoms with Crippen LogP contribution in [0, 0.1) is 0 Å². The van der Waals surface area contributed by atoms with Crippen molar-refractivity contribution in [3.63, 3.8) is 0 Å². The van der Waals surface area contributed by atoms with Gasteiger partial charge in [-0.15, -0.1) is 0 Å². The Morgan fingerprint density at radius 3 is 1.77 bits per heavy atom. The van der Waals surface area contributed by atoms with Gasteiger partial charge in [0, 0.05) is 12.8 Å². The van der Waals surface area contributed by atoms with E-state index in [1.807, 2.05) is 0 Å². The normalized spacial score (nSPS) is 36.7. The molecule has 0 N–H and O–H groups in total. The van der Waals surface area contributed by atoms with Crippen molar-refractivity contribution in [1.82, 2.24) is 4.90 Å². The minimum absolute atomic E-state index is 0.595. The lowest BCUT2D eigenvalue weighted by Crippen LogP contribution is -2.90. The molecular weight excluding hydrogens is 160 g/mol. The Morgan fingerprint density at radius 1 is 1.08 bits per heavy atom. The quantitative estimate of drug-likeness (QED) is 0.591. The monoisotopic (exact) mass is 183 g/mol. The molecule has 0 atom stereocenters. The highest BCUT2D eigenvalue weighted by molar-refractivity contribution is 4.84. The molecule has 2 bridgehead atoms. The van der Waals surface area contributed by atoms with E-state index < -0.39 is 0 Å². The molecule has 3 rings (SSSR count). The maximum absolute atomic E-state index is 2.55. The van der Waals surface area contributed by atoms with Crippen LogP contribution >= 0.6 is 0 Å². The standard InChI is InChI=1S/C11H23N2/c1-4-6-11(3,7-5-2)13-8-12(9-13)10-13/h4-10H2,1-3H3/q+1. The number of hydrogen-bond donors (Lipinski definition) is 0. The molecule has 0 radical (unpaired) electrons. The molecule has 0 aliphatic carbocycles. The predicted molar refractivity (Wildman–Crippen MR) is 54.9 cm³/mol. The number of quaternary nitrogens is 1. The lowest BCUT2D eigenvalue weighted by Gasteiger charge is -2.71. The Bertz CT molecular complexity index is 177. The van der Waals surface area contributed by atoms with E-state index in [9.17, 15) is 0 Å². The van der Waals surface area contributed by atoms with Crippen LogP contribution in [0.25, 0.3) is 0 Å². The Balaban J connectivity index is 2.03. The van der Waals surface area contributed by atoms with Crippen molar-refractivity contribution in [2.45, 2.75) is 52.0 Å². The van der Waals surface area contributed by atoms with Crippen LogP contribution in [0.1, 0.15) is 46.5 Å².